The van der Waals surface area contributed by atoms with Crippen LogP contribution in [-0.2, 0) is 6.54 Å². The standard InChI is InChI=1S/C33H41ClN2O7S2/c1-19(2)36(38)33(37)35-18-23-14-21(15-26(39-4)31(23)43-20(3)44-25-10-8-24(34)9-11-25)29-12-13-30(45-29)22-16-27(40-5)32(42-7)28(17-22)41-6/h8-11,14-17,19-20,29-30,38H,12-13,18H2,1-7H3,(H,35,37). The highest BCUT2D eigenvalue weighted by atomic mass is 35.5. The highest BCUT2D eigenvalue weighted by Gasteiger charge is 2.31. The maximum absolute atomic E-state index is 12.7. The zero-order valence-corrected chi connectivity index (χ0v) is 29.0. The Morgan fingerprint density at radius 1 is 0.911 bits per heavy atom. The normalized spacial score (nSPS) is 16.7. The van der Waals surface area contributed by atoms with Crippen LogP contribution in [0.1, 0.15) is 60.8 Å². The fourth-order valence-corrected chi connectivity index (χ4v) is 7.56. The molecule has 12 heteroatoms. The Balaban J connectivity index is 1.62. The zero-order chi connectivity index (χ0) is 32.7. The van der Waals surface area contributed by atoms with Crippen LogP contribution in [-0.4, -0.2) is 56.2 Å². The summed E-state index contributed by atoms with van der Waals surface area (Å²) >= 11 is 9.45. The van der Waals surface area contributed by atoms with E-state index >= 15 is 0 Å². The summed E-state index contributed by atoms with van der Waals surface area (Å²) < 4.78 is 29.0. The molecule has 0 bridgehead atoms. The third-order valence-corrected chi connectivity index (χ3v) is 10.2. The molecular formula is C33H41ClN2O7S2. The summed E-state index contributed by atoms with van der Waals surface area (Å²) in [5.41, 5.74) is 2.62. The van der Waals surface area contributed by atoms with Crippen LogP contribution in [0, 0.1) is 0 Å². The molecule has 2 N–H and O–H groups in total. The lowest BCUT2D eigenvalue weighted by Crippen LogP contribution is -2.41. The van der Waals surface area contributed by atoms with E-state index in [1.807, 2.05) is 61.2 Å². The van der Waals surface area contributed by atoms with Crippen LogP contribution in [0.2, 0.25) is 5.02 Å². The first-order chi connectivity index (χ1) is 21.6. The lowest BCUT2D eigenvalue weighted by Gasteiger charge is -2.24. The topological polar surface area (TPSA) is 98.7 Å². The van der Waals surface area contributed by atoms with Crippen LogP contribution in [0.3, 0.4) is 0 Å². The van der Waals surface area contributed by atoms with Crippen LogP contribution in [0.15, 0.2) is 53.4 Å². The van der Waals surface area contributed by atoms with Crippen LogP contribution < -0.4 is 29.0 Å². The van der Waals surface area contributed by atoms with Gasteiger partial charge in [-0.1, -0.05) is 23.4 Å². The Kier molecular flexibility index (Phi) is 12.3. The van der Waals surface area contributed by atoms with Crippen molar-refractivity contribution in [1.29, 1.82) is 0 Å². The summed E-state index contributed by atoms with van der Waals surface area (Å²) in [6, 6.07) is 14.7. The SMILES string of the molecule is COc1cc(C2CCC(c3cc(OC)c(OC)c(OC)c3)S2)cc(CNC(=O)N(O)C(C)C)c1OC(C)Sc1ccc(Cl)cc1. The number of halogens is 1. The maximum atomic E-state index is 12.7. The van der Waals surface area contributed by atoms with E-state index in [1.54, 1.807) is 42.3 Å². The minimum atomic E-state index is -0.596. The second-order valence-corrected chi connectivity index (χ2v) is 13.9. The van der Waals surface area contributed by atoms with Gasteiger partial charge in [0.25, 0.3) is 0 Å². The van der Waals surface area contributed by atoms with E-state index in [1.165, 1.54) is 11.8 Å². The Morgan fingerprint density at radius 3 is 1.96 bits per heavy atom. The van der Waals surface area contributed by atoms with Crippen molar-refractivity contribution in [3.05, 3.63) is 70.2 Å². The van der Waals surface area contributed by atoms with Gasteiger partial charge in [-0.2, -0.15) is 0 Å². The molecule has 244 valence electrons. The number of benzene rings is 3. The number of carbonyl (C=O) groups excluding carboxylic acids is 1. The summed E-state index contributed by atoms with van der Waals surface area (Å²) in [6.45, 7) is 5.55. The molecule has 9 nitrogen and oxygen atoms in total. The van der Waals surface area contributed by atoms with Gasteiger partial charge < -0.3 is 29.0 Å². The van der Waals surface area contributed by atoms with E-state index in [2.05, 4.69) is 11.4 Å². The minimum absolute atomic E-state index is 0.133. The number of hydrogen-bond donors (Lipinski definition) is 2. The Hall–Kier alpha value is -3.12. The average molecular weight is 677 g/mol. The van der Waals surface area contributed by atoms with Gasteiger partial charge in [0, 0.05) is 32.5 Å². The molecule has 2 amide bonds. The Morgan fingerprint density at radius 2 is 1.44 bits per heavy atom. The van der Waals surface area contributed by atoms with E-state index in [0.29, 0.717) is 38.8 Å². The van der Waals surface area contributed by atoms with Gasteiger partial charge in [0.2, 0.25) is 5.75 Å². The molecular weight excluding hydrogens is 636 g/mol. The molecule has 0 radical (unpaired) electrons. The first-order valence-corrected chi connectivity index (χ1v) is 16.8. The fourth-order valence-electron chi connectivity index (χ4n) is 5.08. The fraction of sp³-hybridized carbons (Fsp3) is 0.424. The van der Waals surface area contributed by atoms with Crippen molar-refractivity contribution in [2.45, 2.75) is 67.0 Å². The number of hydroxylamine groups is 2. The zero-order valence-electron chi connectivity index (χ0n) is 26.6. The van der Waals surface area contributed by atoms with E-state index in [-0.39, 0.29) is 28.5 Å². The van der Waals surface area contributed by atoms with Crippen molar-refractivity contribution in [2.24, 2.45) is 0 Å². The molecule has 0 saturated carbocycles. The Labute approximate surface area is 278 Å². The summed E-state index contributed by atoms with van der Waals surface area (Å²) in [5.74, 6) is 2.93. The summed E-state index contributed by atoms with van der Waals surface area (Å²) in [5, 5.41) is 14.7. The predicted molar refractivity (Wildman–Crippen MR) is 180 cm³/mol. The van der Waals surface area contributed by atoms with E-state index < -0.39 is 6.03 Å². The molecule has 0 aromatic heterocycles. The molecule has 1 fully saturated rings. The maximum Gasteiger partial charge on any atom is 0.341 e. The summed E-state index contributed by atoms with van der Waals surface area (Å²) in [7, 11) is 6.45. The highest BCUT2D eigenvalue weighted by Crippen LogP contribution is 2.55. The number of ether oxygens (including phenoxy) is 5. The number of rotatable bonds is 13. The molecule has 1 aliphatic rings. The minimum Gasteiger partial charge on any atom is -0.493 e. The molecule has 0 spiro atoms. The molecule has 3 unspecified atom stereocenters. The Bertz CT molecular complexity index is 1430. The van der Waals surface area contributed by atoms with Crippen molar-refractivity contribution >= 4 is 41.2 Å². The van der Waals surface area contributed by atoms with Crippen molar-refractivity contribution in [3.63, 3.8) is 0 Å². The highest BCUT2D eigenvalue weighted by molar-refractivity contribution is 8.00. The van der Waals surface area contributed by atoms with E-state index in [9.17, 15) is 10.0 Å². The van der Waals surface area contributed by atoms with Crippen molar-refractivity contribution in [3.8, 4) is 28.7 Å². The molecule has 45 heavy (non-hydrogen) atoms. The summed E-state index contributed by atoms with van der Waals surface area (Å²) in [4.78, 5) is 13.7. The molecule has 1 aliphatic heterocycles. The van der Waals surface area contributed by atoms with Crippen LogP contribution in [0.4, 0.5) is 4.79 Å². The quantitative estimate of drug-likeness (QED) is 0.0799. The average Bonchev–Trinajstić information content (AvgIpc) is 3.54. The third kappa shape index (κ3) is 8.58. The van der Waals surface area contributed by atoms with Crippen LogP contribution >= 0.6 is 35.1 Å². The van der Waals surface area contributed by atoms with Crippen LogP contribution in [0.5, 0.6) is 28.7 Å². The van der Waals surface area contributed by atoms with E-state index in [4.69, 9.17) is 35.3 Å². The molecule has 4 rings (SSSR count). The van der Waals surface area contributed by atoms with Crippen LogP contribution in [0.25, 0.3) is 0 Å². The van der Waals surface area contributed by atoms with Gasteiger partial charge >= 0.3 is 6.03 Å². The first-order valence-electron chi connectivity index (χ1n) is 14.6. The van der Waals surface area contributed by atoms with Crippen molar-refractivity contribution in [2.75, 3.05) is 28.4 Å². The number of hydrogen-bond acceptors (Lipinski definition) is 9. The monoisotopic (exact) mass is 676 g/mol. The predicted octanol–water partition coefficient (Wildman–Crippen LogP) is 8.51. The molecule has 0 aliphatic carbocycles. The molecule has 3 aromatic carbocycles. The van der Waals surface area contributed by atoms with Crippen molar-refractivity contribution in [1.82, 2.24) is 10.4 Å². The molecule has 3 atom stereocenters. The van der Waals surface area contributed by atoms with Gasteiger partial charge in [0.15, 0.2) is 23.0 Å². The molecule has 1 saturated heterocycles. The molecule has 1 heterocycles. The second-order valence-electron chi connectivity index (χ2n) is 10.7. The number of carbonyl (C=O) groups is 1. The van der Waals surface area contributed by atoms with Crippen molar-refractivity contribution < 1.29 is 33.7 Å². The number of amides is 2. The number of thioether (sulfide) groups is 2. The van der Waals surface area contributed by atoms with Gasteiger partial charge in [-0.15, -0.1) is 11.8 Å². The first kappa shape index (κ1) is 34.7. The van der Waals surface area contributed by atoms with Gasteiger partial charge in [0.1, 0.15) is 5.44 Å². The molecule has 3 aromatic rings. The number of methoxy groups -OCH3 is 4. The van der Waals surface area contributed by atoms with Gasteiger partial charge in [-0.05, 0) is 93.3 Å². The lowest BCUT2D eigenvalue weighted by atomic mass is 10.0. The van der Waals surface area contributed by atoms with Gasteiger partial charge in [-0.3, -0.25) is 5.21 Å². The third-order valence-electron chi connectivity index (χ3n) is 7.35. The summed E-state index contributed by atoms with van der Waals surface area (Å²) in [6.07, 6.45) is 1.88. The number of urea groups is 1. The second kappa shape index (κ2) is 15.9. The lowest BCUT2D eigenvalue weighted by molar-refractivity contribution is -0.0678. The van der Waals surface area contributed by atoms with E-state index in [0.717, 1.165) is 34.4 Å². The largest absolute Gasteiger partial charge is 0.493 e. The van der Waals surface area contributed by atoms with Gasteiger partial charge in [-0.25, -0.2) is 9.86 Å². The number of nitrogens with one attached hydrogen (secondary N) is 1. The van der Waals surface area contributed by atoms with Gasteiger partial charge in [0.05, 0.1) is 34.5 Å². The number of nitrogens with zero attached hydrogens (tertiary/aromatic N) is 1. The smallest absolute Gasteiger partial charge is 0.341 e.